The molecule has 1 aromatic carbocycles. The van der Waals surface area contributed by atoms with Crippen LogP contribution in [-0.2, 0) is 11.3 Å². The fraction of sp³-hybridized carbons (Fsp3) is 0.588. The summed E-state index contributed by atoms with van der Waals surface area (Å²) in [5.41, 5.74) is 1.03. The lowest BCUT2D eigenvalue weighted by Gasteiger charge is -2.44. The maximum absolute atomic E-state index is 15.7. The Morgan fingerprint density at radius 1 is 1.05 bits per heavy atom. The molecule has 1 rings (SSSR count). The van der Waals surface area contributed by atoms with Gasteiger partial charge in [-0.15, -0.1) is 0 Å². The minimum Gasteiger partial charge on any atom is -0.352 e. The van der Waals surface area contributed by atoms with E-state index in [2.05, 4.69) is 5.32 Å². The van der Waals surface area contributed by atoms with Gasteiger partial charge in [-0.2, -0.15) is 0 Å². The quantitative estimate of drug-likeness (QED) is 0.627. The third kappa shape index (κ3) is 4.40. The molecular weight excluding hydrogens is 281 g/mol. The summed E-state index contributed by atoms with van der Waals surface area (Å²) in [6.07, 6.45) is 0. The highest BCUT2D eigenvalue weighted by atomic mass is 28.4. The molecule has 0 atom stereocenters. The predicted molar refractivity (Wildman–Crippen MR) is 89.4 cm³/mol. The minimum atomic E-state index is -3.27. The SMILES string of the molecule is CC(C)(C)[Si](F)(CC(=O)NCc1ccccc1)C(C)(C)C. The Kier molecular flexibility index (Phi) is 5.37. The first-order valence-corrected chi connectivity index (χ1v) is 9.55. The molecule has 0 aliphatic rings. The summed E-state index contributed by atoms with van der Waals surface area (Å²) in [6.45, 7) is 11.9. The van der Waals surface area contributed by atoms with E-state index in [0.29, 0.717) is 6.54 Å². The van der Waals surface area contributed by atoms with E-state index in [0.717, 1.165) is 5.56 Å². The van der Waals surface area contributed by atoms with Gasteiger partial charge in [0.05, 0.1) is 6.04 Å². The fourth-order valence-corrected chi connectivity index (χ4v) is 6.61. The lowest BCUT2D eigenvalue weighted by atomic mass is 10.2. The number of amides is 1. The van der Waals surface area contributed by atoms with Crippen LogP contribution in [0, 0.1) is 0 Å². The lowest BCUT2D eigenvalue weighted by Crippen LogP contribution is -2.50. The molecule has 0 heterocycles. The molecule has 0 saturated heterocycles. The Morgan fingerprint density at radius 2 is 1.52 bits per heavy atom. The first-order chi connectivity index (χ1) is 9.47. The van der Waals surface area contributed by atoms with E-state index in [1.54, 1.807) is 0 Å². The van der Waals surface area contributed by atoms with Gasteiger partial charge in [-0.3, -0.25) is 4.79 Å². The molecule has 0 fully saturated rings. The van der Waals surface area contributed by atoms with Crippen molar-refractivity contribution >= 4 is 14.3 Å². The van der Waals surface area contributed by atoms with E-state index < -0.39 is 18.5 Å². The van der Waals surface area contributed by atoms with Crippen LogP contribution in [0.3, 0.4) is 0 Å². The van der Waals surface area contributed by atoms with Gasteiger partial charge in [-0.25, -0.2) is 0 Å². The average molecular weight is 310 g/mol. The van der Waals surface area contributed by atoms with Crippen molar-refractivity contribution < 1.29 is 8.90 Å². The minimum absolute atomic E-state index is 0.0207. The fourth-order valence-electron chi connectivity index (χ4n) is 2.74. The monoisotopic (exact) mass is 309 g/mol. The van der Waals surface area contributed by atoms with Gasteiger partial charge in [-0.1, -0.05) is 71.9 Å². The van der Waals surface area contributed by atoms with Gasteiger partial charge in [0.1, 0.15) is 0 Å². The third-order valence-electron chi connectivity index (χ3n) is 4.11. The highest BCUT2D eigenvalue weighted by Crippen LogP contribution is 2.53. The van der Waals surface area contributed by atoms with Crippen molar-refractivity contribution in [2.24, 2.45) is 0 Å². The number of nitrogens with one attached hydrogen (secondary N) is 1. The Hall–Kier alpha value is -1.16. The summed E-state index contributed by atoms with van der Waals surface area (Å²) < 4.78 is 15.7. The highest BCUT2D eigenvalue weighted by Gasteiger charge is 2.56. The first kappa shape index (κ1) is 17.9. The number of benzene rings is 1. The molecular formula is C17H28FNOSi. The van der Waals surface area contributed by atoms with Crippen LogP contribution in [0.4, 0.5) is 4.11 Å². The Morgan fingerprint density at radius 3 is 1.95 bits per heavy atom. The van der Waals surface area contributed by atoms with Crippen LogP contribution in [0.1, 0.15) is 47.1 Å². The van der Waals surface area contributed by atoms with E-state index in [4.69, 9.17) is 0 Å². The van der Waals surface area contributed by atoms with Gasteiger partial charge >= 0.3 is 0 Å². The molecule has 1 aromatic rings. The molecule has 0 unspecified atom stereocenters. The second-order valence-electron chi connectivity index (χ2n) is 7.74. The van der Waals surface area contributed by atoms with Crippen LogP contribution >= 0.6 is 0 Å². The van der Waals surface area contributed by atoms with Crippen LogP contribution in [0.5, 0.6) is 0 Å². The summed E-state index contributed by atoms with van der Waals surface area (Å²) >= 11 is 0. The predicted octanol–water partition coefficient (Wildman–Crippen LogP) is 4.82. The van der Waals surface area contributed by atoms with Crippen molar-refractivity contribution in [3.05, 3.63) is 35.9 Å². The summed E-state index contributed by atoms with van der Waals surface area (Å²) in [7, 11) is -3.27. The van der Waals surface area contributed by atoms with Crippen LogP contribution < -0.4 is 5.32 Å². The zero-order chi connectivity index (χ0) is 16.3. The van der Waals surface area contributed by atoms with E-state index in [-0.39, 0.29) is 12.0 Å². The Labute approximate surface area is 129 Å². The van der Waals surface area contributed by atoms with E-state index in [1.807, 2.05) is 71.9 Å². The largest absolute Gasteiger partial charge is 0.352 e. The van der Waals surface area contributed by atoms with Gasteiger partial charge in [0.2, 0.25) is 5.91 Å². The van der Waals surface area contributed by atoms with E-state index >= 15 is 4.11 Å². The molecule has 1 amide bonds. The van der Waals surface area contributed by atoms with E-state index in [1.165, 1.54) is 0 Å². The van der Waals surface area contributed by atoms with Crippen LogP contribution in [0.2, 0.25) is 16.1 Å². The second-order valence-corrected chi connectivity index (χ2v) is 12.7. The summed E-state index contributed by atoms with van der Waals surface area (Å²) in [4.78, 5) is 12.2. The molecule has 0 aromatic heterocycles. The average Bonchev–Trinajstić information content (AvgIpc) is 2.35. The van der Waals surface area contributed by atoms with Crippen LogP contribution in [0.25, 0.3) is 0 Å². The van der Waals surface area contributed by atoms with Gasteiger partial charge in [0.25, 0.3) is 8.41 Å². The molecule has 1 N–H and O–H groups in total. The topological polar surface area (TPSA) is 29.1 Å². The zero-order valence-electron chi connectivity index (χ0n) is 14.1. The number of rotatable bonds is 4. The molecule has 4 heteroatoms. The molecule has 0 aliphatic heterocycles. The van der Waals surface area contributed by atoms with Crippen LogP contribution in [0.15, 0.2) is 30.3 Å². The van der Waals surface area contributed by atoms with Crippen molar-refractivity contribution in [3.63, 3.8) is 0 Å². The Balaban J connectivity index is 2.75. The zero-order valence-corrected chi connectivity index (χ0v) is 15.1. The van der Waals surface area contributed by atoms with E-state index in [9.17, 15) is 4.79 Å². The van der Waals surface area contributed by atoms with Crippen molar-refractivity contribution in [1.82, 2.24) is 5.32 Å². The Bertz CT molecular complexity index is 460. The summed E-state index contributed by atoms with van der Waals surface area (Å²) in [5, 5.41) is 1.93. The highest BCUT2D eigenvalue weighted by molar-refractivity contribution is 6.81. The maximum Gasteiger partial charge on any atom is 0.266 e. The molecule has 0 spiro atoms. The molecule has 2 nitrogen and oxygen atoms in total. The van der Waals surface area contributed by atoms with Crippen molar-refractivity contribution in [3.8, 4) is 0 Å². The normalized spacial score (nSPS) is 13.1. The number of halogens is 1. The van der Waals surface area contributed by atoms with Crippen LogP contribution in [-0.4, -0.2) is 14.3 Å². The lowest BCUT2D eigenvalue weighted by molar-refractivity contribution is -0.119. The molecule has 0 aliphatic carbocycles. The molecule has 118 valence electrons. The smallest absolute Gasteiger partial charge is 0.266 e. The maximum atomic E-state index is 15.7. The summed E-state index contributed by atoms with van der Waals surface area (Å²) in [6, 6.07) is 9.72. The van der Waals surface area contributed by atoms with Crippen molar-refractivity contribution in [2.75, 3.05) is 0 Å². The molecule has 0 saturated carbocycles. The number of carbonyl (C=O) groups is 1. The molecule has 0 radical (unpaired) electrons. The van der Waals surface area contributed by atoms with Crippen molar-refractivity contribution in [2.45, 2.75) is 64.2 Å². The van der Waals surface area contributed by atoms with Gasteiger partial charge in [0.15, 0.2) is 0 Å². The first-order valence-electron chi connectivity index (χ1n) is 7.47. The molecule has 0 bridgehead atoms. The number of carbonyl (C=O) groups excluding carboxylic acids is 1. The third-order valence-corrected chi connectivity index (χ3v) is 9.68. The van der Waals surface area contributed by atoms with Crippen molar-refractivity contribution in [1.29, 1.82) is 0 Å². The standard InChI is InChI=1S/C17H28FNOSi/c1-16(2,3)21(18,17(4,5)6)13-15(20)19-12-14-10-8-7-9-11-14/h7-11H,12-13H2,1-6H3,(H,19,20). The number of hydrogen-bond donors (Lipinski definition) is 1. The molecule has 21 heavy (non-hydrogen) atoms. The van der Waals surface area contributed by atoms with Gasteiger partial charge in [0, 0.05) is 6.54 Å². The number of hydrogen-bond acceptors (Lipinski definition) is 1. The second kappa shape index (κ2) is 6.30. The van der Waals surface area contributed by atoms with Gasteiger partial charge in [-0.05, 0) is 15.6 Å². The van der Waals surface area contributed by atoms with Gasteiger partial charge < -0.3 is 9.42 Å². The summed E-state index contributed by atoms with van der Waals surface area (Å²) in [5.74, 6) is -0.183.